The number of nitrogens with one attached hydrogen (secondary N) is 4. The summed E-state index contributed by atoms with van der Waals surface area (Å²) in [4.78, 5) is 51.5. The van der Waals surface area contributed by atoms with Gasteiger partial charge in [-0.25, -0.2) is 4.98 Å². The fraction of sp³-hybridized carbons (Fsp3) is 0.405. The van der Waals surface area contributed by atoms with Crippen LogP contribution in [0.15, 0.2) is 64.8 Å². The van der Waals surface area contributed by atoms with Crippen molar-refractivity contribution in [2.45, 2.75) is 85.8 Å². The molecular formula is C37H43Cl2F3N8O3S. The Morgan fingerprint density at radius 3 is 2.46 bits per heavy atom. The van der Waals surface area contributed by atoms with Gasteiger partial charge >= 0.3 is 6.18 Å². The zero-order valence-electron chi connectivity index (χ0n) is 29.6. The van der Waals surface area contributed by atoms with Gasteiger partial charge in [-0.05, 0) is 98.3 Å². The zero-order chi connectivity index (χ0) is 39.0. The summed E-state index contributed by atoms with van der Waals surface area (Å²) in [5.41, 5.74) is 12.3. The predicted octanol–water partition coefficient (Wildman–Crippen LogP) is 5.55. The lowest BCUT2D eigenvalue weighted by atomic mass is 10.0. The van der Waals surface area contributed by atoms with E-state index in [9.17, 15) is 27.6 Å². The van der Waals surface area contributed by atoms with E-state index in [2.05, 4.69) is 25.9 Å². The Hall–Kier alpha value is -3.86. The molecule has 290 valence electrons. The normalized spacial score (nSPS) is 19.2. The number of nitrogens with two attached hydrogens (primary N) is 2. The number of hydrogen-bond donors (Lipinski definition) is 6. The first-order chi connectivity index (χ1) is 25.8. The quantitative estimate of drug-likeness (QED) is 0.120. The lowest BCUT2D eigenvalue weighted by molar-refractivity contribution is -0.142. The highest BCUT2D eigenvalue weighted by atomic mass is 35.5. The van der Waals surface area contributed by atoms with Crippen molar-refractivity contribution in [2.75, 3.05) is 20.1 Å². The largest absolute Gasteiger partial charge is 0.416 e. The highest BCUT2D eigenvalue weighted by Crippen LogP contribution is 2.43. The van der Waals surface area contributed by atoms with Crippen LogP contribution in [-0.2, 0) is 40.1 Å². The number of H-pyrrole nitrogens is 1. The van der Waals surface area contributed by atoms with Gasteiger partial charge in [-0.15, -0.1) is 0 Å². The van der Waals surface area contributed by atoms with Gasteiger partial charge in [0.2, 0.25) is 17.7 Å². The van der Waals surface area contributed by atoms with Crippen LogP contribution in [0.4, 0.5) is 13.2 Å². The summed E-state index contributed by atoms with van der Waals surface area (Å²) in [6.07, 6.45) is 0.537. The number of hydrogen-bond acceptors (Lipinski definition) is 8. The van der Waals surface area contributed by atoms with Crippen molar-refractivity contribution in [3.63, 3.8) is 0 Å². The summed E-state index contributed by atoms with van der Waals surface area (Å²) in [6.45, 7) is 0.237. The van der Waals surface area contributed by atoms with Crippen molar-refractivity contribution in [2.24, 2.45) is 11.5 Å². The Morgan fingerprint density at radius 1 is 0.963 bits per heavy atom. The Balaban J connectivity index is 1.63. The monoisotopic (exact) mass is 806 g/mol. The van der Waals surface area contributed by atoms with Gasteiger partial charge in [0.1, 0.15) is 17.1 Å². The lowest BCUT2D eigenvalue weighted by Gasteiger charge is -2.32. The number of rotatable bonds is 9. The summed E-state index contributed by atoms with van der Waals surface area (Å²) in [6, 6.07) is 7.62. The number of unbranched alkanes of at least 4 members (excludes halogenated alkanes) is 1. The number of likely N-dealkylation sites (N-methyl/N-ethyl adjacent to an activating group) is 1. The van der Waals surface area contributed by atoms with E-state index in [-0.39, 0.29) is 34.9 Å². The number of amides is 3. The van der Waals surface area contributed by atoms with E-state index in [0.29, 0.717) is 65.3 Å². The number of aromatic nitrogens is 2. The number of carbonyl (C=O) groups excluding carboxylic acids is 3. The fourth-order valence-electron chi connectivity index (χ4n) is 6.43. The molecule has 1 aliphatic heterocycles. The van der Waals surface area contributed by atoms with Crippen molar-refractivity contribution in [1.82, 2.24) is 30.8 Å². The molecule has 2 aromatic heterocycles. The summed E-state index contributed by atoms with van der Waals surface area (Å²) < 4.78 is 43.8. The second-order valence-corrected chi connectivity index (χ2v) is 14.9. The van der Waals surface area contributed by atoms with Crippen LogP contribution in [-0.4, -0.2) is 70.9 Å². The molecule has 0 fully saturated rings. The van der Waals surface area contributed by atoms with Crippen LogP contribution in [0.2, 0.25) is 10.0 Å². The third-order valence-corrected chi connectivity index (χ3v) is 11.3. The smallest absolute Gasteiger partial charge is 0.361 e. The molecule has 0 saturated heterocycles. The number of nitrogens with zero attached hydrogens (tertiary/aromatic N) is 2. The average Bonchev–Trinajstić information content (AvgIpc) is 3.53. The van der Waals surface area contributed by atoms with Crippen LogP contribution >= 0.6 is 35.0 Å². The highest BCUT2D eigenvalue weighted by molar-refractivity contribution is 7.99. The van der Waals surface area contributed by atoms with Crippen molar-refractivity contribution in [3.05, 3.63) is 87.2 Å². The van der Waals surface area contributed by atoms with Crippen molar-refractivity contribution >= 4 is 63.6 Å². The number of aromatic amines is 1. The maximum absolute atomic E-state index is 14.6. The van der Waals surface area contributed by atoms with Crippen LogP contribution in [0.3, 0.4) is 0 Å². The molecule has 3 heterocycles. The van der Waals surface area contributed by atoms with Gasteiger partial charge in [-0.1, -0.05) is 41.0 Å². The molecule has 5 rings (SSSR count). The molecule has 0 radical (unpaired) electrons. The van der Waals surface area contributed by atoms with Crippen LogP contribution in [0.5, 0.6) is 0 Å². The first kappa shape index (κ1) is 41.3. The number of benzene rings is 2. The van der Waals surface area contributed by atoms with Crippen LogP contribution in [0.1, 0.15) is 54.4 Å². The zero-order valence-corrected chi connectivity index (χ0v) is 31.9. The maximum atomic E-state index is 14.6. The topological polar surface area (TPSA) is 171 Å². The summed E-state index contributed by atoms with van der Waals surface area (Å²) >= 11 is 13.8. The van der Waals surface area contributed by atoms with Crippen molar-refractivity contribution in [3.8, 4) is 0 Å². The van der Waals surface area contributed by atoms with E-state index in [1.165, 1.54) is 18.1 Å². The van der Waals surface area contributed by atoms with E-state index < -0.39 is 54.1 Å². The molecule has 54 heavy (non-hydrogen) atoms. The number of carbonyl (C=O) groups is 3. The molecule has 0 spiro atoms. The first-order valence-corrected chi connectivity index (χ1v) is 19.1. The molecule has 11 nitrogen and oxygen atoms in total. The molecule has 17 heteroatoms. The van der Waals surface area contributed by atoms with Gasteiger partial charge in [-0.3, -0.25) is 14.4 Å². The number of alkyl halides is 3. The third kappa shape index (κ3) is 10.1. The molecular weight excluding hydrogens is 764 g/mol. The summed E-state index contributed by atoms with van der Waals surface area (Å²) in [5.74, 6) is -1.71. The second kappa shape index (κ2) is 18.7. The van der Waals surface area contributed by atoms with E-state index in [1.54, 1.807) is 36.5 Å². The molecule has 3 amide bonds. The minimum Gasteiger partial charge on any atom is -0.361 e. The molecule has 4 aromatic rings. The van der Waals surface area contributed by atoms with E-state index in [1.807, 2.05) is 0 Å². The Bertz CT molecular complexity index is 1960. The summed E-state index contributed by atoms with van der Waals surface area (Å²) in [7, 11) is 1.44. The van der Waals surface area contributed by atoms with Gasteiger partial charge in [0.25, 0.3) is 0 Å². The Kier molecular flexibility index (Phi) is 14.3. The molecule has 0 saturated carbocycles. The molecule has 3 atom stereocenters. The predicted molar refractivity (Wildman–Crippen MR) is 204 cm³/mol. The Morgan fingerprint density at radius 2 is 1.72 bits per heavy atom. The average molecular weight is 808 g/mol. The fourth-order valence-corrected chi connectivity index (χ4v) is 7.94. The van der Waals surface area contributed by atoms with E-state index in [0.717, 1.165) is 29.4 Å². The van der Waals surface area contributed by atoms with Gasteiger partial charge in [0.15, 0.2) is 0 Å². The number of fused-ring (bicyclic) bond motifs is 3. The SMILES string of the molecule is CN1C(=O)C(CCCCN)NC(=O)C(CCCN)NCc2cccnc2Sc2c(Cl)ccc(C(F)(F)F)c2CNC(=O)C1Cc1c[nH]c2ccc(Cl)cc12. The highest BCUT2D eigenvalue weighted by Gasteiger charge is 2.37. The lowest BCUT2D eigenvalue weighted by Crippen LogP contribution is -2.57. The minimum atomic E-state index is -4.79. The van der Waals surface area contributed by atoms with Crippen molar-refractivity contribution < 1.29 is 27.6 Å². The van der Waals surface area contributed by atoms with Crippen molar-refractivity contribution in [1.29, 1.82) is 0 Å². The van der Waals surface area contributed by atoms with E-state index >= 15 is 0 Å². The van der Waals surface area contributed by atoms with Gasteiger partial charge in [0, 0.05) is 59.8 Å². The standard InChI is InChI=1S/C37H43Cl2F3N8O3S/c1-50-31(16-22-19-46-28-12-9-23(38)17-24(22)28)34(52)48-20-25-26(37(40,41)42)10-11-27(39)32(25)54-35-21(6-5-15-45-35)18-47-29(8-4-14-44)33(51)49-30(36(50)53)7-2-3-13-43/h5-6,9-12,15,17,19,29-31,46-47H,2-4,7-8,13-14,16,18,20,43-44H2,1H3,(H,48,52)(H,49,51). The molecule has 0 bridgehead atoms. The minimum absolute atomic E-state index is 0.0276. The van der Waals surface area contributed by atoms with Gasteiger partial charge in [0.05, 0.1) is 16.6 Å². The molecule has 0 aliphatic carbocycles. The van der Waals surface area contributed by atoms with E-state index in [4.69, 9.17) is 34.7 Å². The molecule has 1 aliphatic rings. The third-order valence-electron chi connectivity index (χ3n) is 9.38. The van der Waals surface area contributed by atoms with Gasteiger partial charge < -0.3 is 37.3 Å². The summed E-state index contributed by atoms with van der Waals surface area (Å²) in [5, 5.41) is 10.4. The first-order valence-electron chi connectivity index (χ1n) is 17.6. The molecule has 2 aromatic carbocycles. The molecule has 3 unspecified atom stereocenters. The maximum Gasteiger partial charge on any atom is 0.416 e. The van der Waals surface area contributed by atoms with Crippen LogP contribution in [0, 0.1) is 0 Å². The second-order valence-electron chi connectivity index (χ2n) is 13.1. The Labute approximate surface area is 325 Å². The van der Waals surface area contributed by atoms with Crippen LogP contribution < -0.4 is 27.4 Å². The molecule has 8 N–H and O–H groups in total. The van der Waals surface area contributed by atoms with Crippen LogP contribution in [0.25, 0.3) is 10.9 Å². The number of halogens is 5. The van der Waals surface area contributed by atoms with Gasteiger partial charge in [-0.2, -0.15) is 13.2 Å². The number of pyridine rings is 1.